The Labute approximate surface area is 113 Å². The minimum atomic E-state index is -0.852. The highest BCUT2D eigenvalue weighted by atomic mass is 16.3. The highest BCUT2D eigenvalue weighted by Crippen LogP contribution is 2.16. The Balaban J connectivity index is 1.86. The van der Waals surface area contributed by atoms with Gasteiger partial charge in [-0.15, -0.1) is 0 Å². The fraction of sp³-hybridized carbons (Fsp3) is 0.846. The van der Waals surface area contributed by atoms with E-state index in [0.29, 0.717) is 6.54 Å². The highest BCUT2D eigenvalue weighted by Gasteiger charge is 2.44. The first kappa shape index (κ1) is 14.3. The van der Waals surface area contributed by atoms with Gasteiger partial charge in [-0.1, -0.05) is 0 Å². The number of aliphatic hydroxyl groups is 1. The summed E-state index contributed by atoms with van der Waals surface area (Å²) in [6.07, 6.45) is 3.01. The second kappa shape index (κ2) is 5.46. The molecule has 1 atom stereocenters. The van der Waals surface area contributed by atoms with Gasteiger partial charge >= 0.3 is 6.03 Å². The van der Waals surface area contributed by atoms with E-state index in [1.54, 1.807) is 13.8 Å². The van der Waals surface area contributed by atoms with E-state index in [1.807, 2.05) is 0 Å². The zero-order valence-corrected chi connectivity index (χ0v) is 11.7. The van der Waals surface area contributed by atoms with Crippen molar-refractivity contribution in [3.8, 4) is 0 Å². The summed E-state index contributed by atoms with van der Waals surface area (Å²) in [6.45, 7) is 6.20. The fourth-order valence-corrected chi connectivity index (χ4v) is 2.85. The Hall–Kier alpha value is -1.14. The highest BCUT2D eigenvalue weighted by molar-refractivity contribution is 6.06. The van der Waals surface area contributed by atoms with Crippen LogP contribution in [0.15, 0.2) is 0 Å². The number of nitrogens with one attached hydrogen (secondary N) is 2. The molecule has 6 nitrogen and oxygen atoms in total. The van der Waals surface area contributed by atoms with Gasteiger partial charge in [0, 0.05) is 0 Å². The monoisotopic (exact) mass is 270 g/mol. The molecule has 19 heavy (non-hydrogen) atoms. The summed E-state index contributed by atoms with van der Waals surface area (Å²) in [5.41, 5.74) is -0.852. The van der Waals surface area contributed by atoms with Crippen molar-refractivity contribution in [1.82, 2.24) is 10.2 Å². The van der Waals surface area contributed by atoms with Crippen LogP contribution in [0, 0.1) is 0 Å². The maximum atomic E-state index is 12.0. The molecule has 0 aromatic carbocycles. The third-order valence-electron chi connectivity index (χ3n) is 3.92. The van der Waals surface area contributed by atoms with Crippen molar-refractivity contribution in [1.29, 1.82) is 0 Å². The number of β-amino-alcohol motifs (C(OH)–C–C–N with tert-alkyl or cyclic N) is 1. The van der Waals surface area contributed by atoms with Crippen molar-refractivity contribution < 1.29 is 19.6 Å². The lowest BCUT2D eigenvalue weighted by molar-refractivity contribution is -0.907. The number of carbonyl (C=O) groups excluding carboxylic acids is 2. The molecule has 0 aromatic rings. The van der Waals surface area contributed by atoms with Gasteiger partial charge in [-0.2, -0.15) is 0 Å². The molecule has 2 aliphatic heterocycles. The molecule has 0 unspecified atom stereocenters. The molecule has 3 N–H and O–H groups in total. The molecule has 0 radical (unpaired) electrons. The van der Waals surface area contributed by atoms with E-state index in [2.05, 4.69) is 5.32 Å². The number of rotatable bonds is 4. The summed E-state index contributed by atoms with van der Waals surface area (Å²) >= 11 is 0. The summed E-state index contributed by atoms with van der Waals surface area (Å²) in [5.74, 6) is -0.259. The van der Waals surface area contributed by atoms with Gasteiger partial charge in [0.1, 0.15) is 18.2 Å². The topological polar surface area (TPSA) is 74.1 Å². The van der Waals surface area contributed by atoms with E-state index in [-0.39, 0.29) is 12.5 Å². The zero-order chi connectivity index (χ0) is 14.0. The number of amides is 3. The predicted octanol–water partition coefficient (Wildman–Crippen LogP) is -1.25. The molecular weight excluding hydrogens is 246 g/mol. The molecule has 0 aromatic heterocycles. The second-order valence-electron chi connectivity index (χ2n) is 6.14. The lowest BCUT2D eigenvalue weighted by Gasteiger charge is -2.27. The molecule has 0 spiro atoms. The van der Waals surface area contributed by atoms with Crippen LogP contribution in [0.4, 0.5) is 4.79 Å². The number of likely N-dealkylation sites (tertiary alicyclic amines) is 1. The Morgan fingerprint density at radius 2 is 1.95 bits per heavy atom. The number of nitrogens with zero attached hydrogens (tertiary/aromatic N) is 1. The van der Waals surface area contributed by atoms with E-state index < -0.39 is 17.7 Å². The number of hydrogen-bond acceptors (Lipinski definition) is 3. The van der Waals surface area contributed by atoms with Crippen molar-refractivity contribution in [3.63, 3.8) is 0 Å². The average Bonchev–Trinajstić information content (AvgIpc) is 2.53. The molecule has 0 bridgehead atoms. The molecule has 0 saturated carbocycles. The fourth-order valence-electron chi connectivity index (χ4n) is 2.85. The van der Waals surface area contributed by atoms with E-state index in [1.165, 1.54) is 24.2 Å². The average molecular weight is 270 g/mol. The maximum Gasteiger partial charge on any atom is 0.325 e. The van der Waals surface area contributed by atoms with Crippen molar-refractivity contribution in [3.05, 3.63) is 0 Å². The Morgan fingerprint density at radius 3 is 2.47 bits per heavy atom. The van der Waals surface area contributed by atoms with Crippen LogP contribution in [0.5, 0.6) is 0 Å². The molecule has 2 saturated heterocycles. The Kier molecular flexibility index (Phi) is 4.10. The quantitative estimate of drug-likeness (QED) is 0.559. The summed E-state index contributed by atoms with van der Waals surface area (Å²) < 4.78 is 0. The van der Waals surface area contributed by atoms with E-state index >= 15 is 0 Å². The Bertz CT molecular complexity index is 364. The number of imide groups is 1. The summed E-state index contributed by atoms with van der Waals surface area (Å²) in [5, 5.41) is 12.7. The maximum absolute atomic E-state index is 12.0. The standard InChI is InChI=1S/C13H23N3O3/c1-13(2)11(18)16(12(19)14-13)9-10(17)8-15-6-4-3-5-7-15/h10,17H,3-9H2,1-2H3,(H,14,19)/p+1/t10-/m1/s1. The summed E-state index contributed by atoms with van der Waals surface area (Å²) in [6, 6.07) is -0.400. The number of urea groups is 1. The second-order valence-corrected chi connectivity index (χ2v) is 6.14. The van der Waals surface area contributed by atoms with Crippen LogP contribution in [-0.2, 0) is 4.79 Å². The van der Waals surface area contributed by atoms with Gasteiger partial charge in [0.05, 0.1) is 19.6 Å². The van der Waals surface area contributed by atoms with Crippen LogP contribution >= 0.6 is 0 Å². The minimum absolute atomic E-state index is 0.0948. The number of quaternary nitrogens is 1. The normalized spacial score (nSPS) is 25.5. The zero-order valence-electron chi connectivity index (χ0n) is 11.7. The smallest absolute Gasteiger partial charge is 0.325 e. The van der Waals surface area contributed by atoms with Crippen LogP contribution < -0.4 is 10.2 Å². The third-order valence-corrected chi connectivity index (χ3v) is 3.92. The lowest BCUT2D eigenvalue weighted by atomic mass is 10.1. The number of piperidine rings is 1. The van der Waals surface area contributed by atoms with E-state index in [9.17, 15) is 14.7 Å². The molecule has 6 heteroatoms. The van der Waals surface area contributed by atoms with Crippen molar-refractivity contribution in [2.24, 2.45) is 0 Å². The van der Waals surface area contributed by atoms with E-state index in [4.69, 9.17) is 0 Å². The van der Waals surface area contributed by atoms with Gasteiger partial charge in [0.25, 0.3) is 5.91 Å². The van der Waals surface area contributed by atoms with Crippen LogP contribution in [-0.4, -0.2) is 59.8 Å². The Morgan fingerprint density at radius 1 is 1.32 bits per heavy atom. The van der Waals surface area contributed by atoms with Crippen LogP contribution in [0.2, 0.25) is 0 Å². The first-order chi connectivity index (χ1) is 8.90. The predicted molar refractivity (Wildman–Crippen MR) is 69.7 cm³/mol. The van der Waals surface area contributed by atoms with Gasteiger partial charge in [0.2, 0.25) is 0 Å². The van der Waals surface area contributed by atoms with Crippen molar-refractivity contribution in [2.75, 3.05) is 26.2 Å². The van der Waals surface area contributed by atoms with Gasteiger partial charge in [0.15, 0.2) is 0 Å². The molecule has 3 amide bonds. The molecular formula is C13H24N3O3+. The van der Waals surface area contributed by atoms with Gasteiger partial charge in [-0.05, 0) is 33.1 Å². The van der Waals surface area contributed by atoms with Crippen LogP contribution in [0.3, 0.4) is 0 Å². The van der Waals surface area contributed by atoms with Crippen molar-refractivity contribution in [2.45, 2.75) is 44.8 Å². The summed E-state index contributed by atoms with van der Waals surface area (Å²) in [4.78, 5) is 26.2. The van der Waals surface area contributed by atoms with Crippen molar-refractivity contribution >= 4 is 11.9 Å². The number of carbonyl (C=O) groups is 2. The van der Waals surface area contributed by atoms with Gasteiger partial charge in [-0.25, -0.2) is 4.79 Å². The molecule has 2 heterocycles. The SMILES string of the molecule is CC1(C)NC(=O)N(C[C@H](O)C[NH+]2CCCCC2)C1=O. The minimum Gasteiger partial charge on any atom is -0.385 e. The van der Waals surface area contributed by atoms with Crippen LogP contribution in [0.25, 0.3) is 0 Å². The first-order valence-electron chi connectivity index (χ1n) is 7.06. The molecule has 2 aliphatic rings. The van der Waals surface area contributed by atoms with Gasteiger partial charge in [-0.3, -0.25) is 9.69 Å². The van der Waals surface area contributed by atoms with Crippen LogP contribution in [0.1, 0.15) is 33.1 Å². The molecule has 108 valence electrons. The lowest BCUT2D eigenvalue weighted by Crippen LogP contribution is -3.14. The van der Waals surface area contributed by atoms with E-state index in [0.717, 1.165) is 18.0 Å². The molecule has 2 fully saturated rings. The number of hydrogen-bond donors (Lipinski definition) is 3. The molecule has 0 aliphatic carbocycles. The largest absolute Gasteiger partial charge is 0.385 e. The summed E-state index contributed by atoms with van der Waals surface area (Å²) in [7, 11) is 0. The van der Waals surface area contributed by atoms with Gasteiger partial charge < -0.3 is 15.3 Å². The first-order valence-corrected chi connectivity index (χ1v) is 7.06. The number of aliphatic hydroxyl groups excluding tert-OH is 1. The third kappa shape index (κ3) is 3.25. The molecule has 2 rings (SSSR count).